The number of ether oxygens (including phenoxy) is 2. The predicted octanol–water partition coefficient (Wildman–Crippen LogP) is 14.7. The topological polar surface area (TPSA) is 76.1 Å². The van der Waals surface area contributed by atoms with Crippen LogP contribution in [0.2, 0.25) is 0 Å². The van der Waals surface area contributed by atoms with Crippen LogP contribution in [0.1, 0.15) is 259 Å². The summed E-state index contributed by atoms with van der Waals surface area (Å²) in [5.41, 5.74) is 0. The van der Waals surface area contributed by atoms with Gasteiger partial charge in [0.05, 0.1) is 25.0 Å². The van der Waals surface area contributed by atoms with Crippen molar-refractivity contribution >= 4 is 11.9 Å². The summed E-state index contributed by atoms with van der Waals surface area (Å²) in [5.74, 6) is 0.323. The van der Waals surface area contributed by atoms with Crippen LogP contribution in [0.4, 0.5) is 0 Å². The molecule has 0 amide bonds. The number of carbonyl (C=O) groups excluding carboxylic acids is 2. The number of hydrogen-bond acceptors (Lipinski definition) is 6. The molecule has 0 aliphatic rings. The maximum Gasteiger partial charge on any atom is 0.308 e. The summed E-state index contributed by atoms with van der Waals surface area (Å²) in [7, 11) is 0. The van der Waals surface area contributed by atoms with Crippen LogP contribution in [-0.4, -0.2) is 61.4 Å². The van der Waals surface area contributed by atoms with E-state index in [1.807, 2.05) is 0 Å². The Balaban J connectivity index is 4.27. The van der Waals surface area contributed by atoms with Gasteiger partial charge in [-0.2, -0.15) is 0 Å². The quantitative estimate of drug-likeness (QED) is 0.0489. The minimum atomic E-state index is 0.0627. The molecule has 6 heteroatoms. The van der Waals surface area contributed by atoms with Crippen LogP contribution in [0.25, 0.3) is 0 Å². The first-order valence-electron chi connectivity index (χ1n) is 25.2. The first-order chi connectivity index (χ1) is 27.5. The van der Waals surface area contributed by atoms with Gasteiger partial charge in [0, 0.05) is 6.61 Å². The Morgan fingerprint density at radius 2 is 0.643 bits per heavy atom. The molecule has 0 heterocycles. The van der Waals surface area contributed by atoms with Crippen LogP contribution < -0.4 is 0 Å². The van der Waals surface area contributed by atoms with Crippen molar-refractivity contribution in [2.24, 2.45) is 11.8 Å². The van der Waals surface area contributed by atoms with E-state index in [2.05, 4.69) is 32.6 Å². The Labute approximate surface area is 350 Å². The molecule has 2 atom stereocenters. The molecule has 0 saturated heterocycles. The highest BCUT2D eigenvalue weighted by molar-refractivity contribution is 5.72. The molecule has 0 saturated carbocycles. The van der Waals surface area contributed by atoms with Gasteiger partial charge in [0.25, 0.3) is 0 Å². The van der Waals surface area contributed by atoms with E-state index in [1.54, 1.807) is 0 Å². The third-order valence-electron chi connectivity index (χ3n) is 11.9. The Morgan fingerprint density at radius 3 is 0.982 bits per heavy atom. The number of aliphatic hydroxyl groups is 1. The van der Waals surface area contributed by atoms with Gasteiger partial charge in [-0.05, 0) is 83.8 Å². The zero-order valence-corrected chi connectivity index (χ0v) is 38.4. The van der Waals surface area contributed by atoms with Crippen molar-refractivity contribution in [3.05, 3.63) is 0 Å². The third-order valence-corrected chi connectivity index (χ3v) is 11.9. The maximum absolute atomic E-state index is 13.0. The van der Waals surface area contributed by atoms with Gasteiger partial charge in [-0.3, -0.25) is 9.59 Å². The molecule has 0 aromatic heterocycles. The average Bonchev–Trinajstić information content (AvgIpc) is 3.20. The predicted molar refractivity (Wildman–Crippen MR) is 241 cm³/mol. The zero-order chi connectivity index (χ0) is 41.0. The largest absolute Gasteiger partial charge is 0.465 e. The first-order valence-corrected chi connectivity index (χ1v) is 25.2. The van der Waals surface area contributed by atoms with Gasteiger partial charge in [0.1, 0.15) is 0 Å². The number of nitrogens with zero attached hydrogens (tertiary/aromatic N) is 1. The van der Waals surface area contributed by atoms with E-state index in [4.69, 9.17) is 9.47 Å². The Morgan fingerprint density at radius 1 is 0.375 bits per heavy atom. The molecule has 0 aliphatic heterocycles. The minimum absolute atomic E-state index is 0.0627. The fraction of sp³-hybridized carbons (Fsp3) is 0.960. The highest BCUT2D eigenvalue weighted by atomic mass is 16.5. The van der Waals surface area contributed by atoms with Crippen molar-refractivity contribution in [1.82, 2.24) is 4.90 Å². The van der Waals surface area contributed by atoms with Crippen LogP contribution in [0.3, 0.4) is 0 Å². The molecular weight excluding hydrogens is 695 g/mol. The van der Waals surface area contributed by atoms with E-state index in [-0.39, 0.29) is 30.4 Å². The molecule has 1 N–H and O–H groups in total. The van der Waals surface area contributed by atoms with Gasteiger partial charge >= 0.3 is 11.9 Å². The number of unbranched alkanes of at least 4 members (excludes halogenated alkanes) is 25. The number of rotatable bonds is 46. The highest BCUT2D eigenvalue weighted by Gasteiger charge is 2.20. The van der Waals surface area contributed by atoms with E-state index in [0.29, 0.717) is 13.2 Å². The average molecular weight is 794 g/mol. The smallest absolute Gasteiger partial charge is 0.308 e. The van der Waals surface area contributed by atoms with Crippen molar-refractivity contribution in [2.75, 3.05) is 39.5 Å². The van der Waals surface area contributed by atoms with E-state index in [9.17, 15) is 14.7 Å². The lowest BCUT2D eigenvalue weighted by Gasteiger charge is -2.22. The van der Waals surface area contributed by atoms with Gasteiger partial charge in [0.15, 0.2) is 0 Å². The van der Waals surface area contributed by atoms with Gasteiger partial charge in [-0.15, -0.1) is 0 Å². The second kappa shape index (κ2) is 45.0. The zero-order valence-electron chi connectivity index (χ0n) is 38.4. The molecular formula is C50H99NO5. The molecule has 56 heavy (non-hydrogen) atoms. The number of esters is 2. The minimum Gasteiger partial charge on any atom is -0.465 e. The second-order valence-electron chi connectivity index (χ2n) is 17.3. The molecule has 0 aromatic rings. The summed E-state index contributed by atoms with van der Waals surface area (Å²) in [6, 6.07) is 0. The summed E-state index contributed by atoms with van der Waals surface area (Å²) < 4.78 is 11.6. The summed E-state index contributed by atoms with van der Waals surface area (Å²) >= 11 is 0. The van der Waals surface area contributed by atoms with Crippen molar-refractivity contribution in [3.63, 3.8) is 0 Å². The molecule has 6 nitrogen and oxygen atoms in total. The summed E-state index contributed by atoms with van der Waals surface area (Å²) in [6.45, 7) is 13.8. The lowest BCUT2D eigenvalue weighted by atomic mass is 9.94. The van der Waals surface area contributed by atoms with Crippen LogP contribution in [0.15, 0.2) is 0 Å². The molecule has 0 radical (unpaired) electrons. The monoisotopic (exact) mass is 794 g/mol. The summed E-state index contributed by atoms with van der Waals surface area (Å²) in [5, 5.41) is 9.33. The van der Waals surface area contributed by atoms with Crippen LogP contribution in [-0.2, 0) is 19.1 Å². The Kier molecular flexibility index (Phi) is 44.0. The summed E-state index contributed by atoms with van der Waals surface area (Å²) in [4.78, 5) is 28.5. The van der Waals surface area contributed by atoms with E-state index >= 15 is 0 Å². The van der Waals surface area contributed by atoms with Crippen molar-refractivity contribution in [1.29, 1.82) is 0 Å². The first kappa shape index (κ1) is 54.9. The lowest BCUT2D eigenvalue weighted by molar-refractivity contribution is -0.150. The molecule has 2 unspecified atom stereocenters. The Hall–Kier alpha value is -1.14. The maximum atomic E-state index is 13.0. The SMILES string of the molecule is CCCCCCCCC(CCCCCC)C(=O)OCCCCCCCN(CCCCO)CCCCCCCOC(=O)C(CCCCCC)CCCCCCCC. The fourth-order valence-electron chi connectivity index (χ4n) is 8.04. The fourth-order valence-corrected chi connectivity index (χ4v) is 8.04. The summed E-state index contributed by atoms with van der Waals surface area (Å²) in [6.07, 6.45) is 42.4. The van der Waals surface area contributed by atoms with Crippen molar-refractivity contribution in [2.45, 2.75) is 259 Å². The third kappa shape index (κ3) is 37.2. The number of hydrogen-bond donors (Lipinski definition) is 1. The molecule has 0 bridgehead atoms. The van der Waals surface area contributed by atoms with Crippen LogP contribution in [0, 0.1) is 11.8 Å². The van der Waals surface area contributed by atoms with Crippen molar-refractivity contribution < 1.29 is 24.2 Å². The second-order valence-corrected chi connectivity index (χ2v) is 17.3. The van der Waals surface area contributed by atoms with E-state index in [0.717, 1.165) is 110 Å². The van der Waals surface area contributed by atoms with Gasteiger partial charge in [-0.25, -0.2) is 0 Å². The molecule has 0 rings (SSSR count). The standard InChI is InChI=1S/C50H99NO5/c1-5-9-13-17-21-29-39-47(37-27-15-11-7-3)49(53)55-45-35-25-19-23-31-41-51(43-33-34-44-52)42-32-24-20-26-36-46-56-50(54)48(38-28-16-12-8-4)40-30-22-18-14-10-6-2/h47-48,52H,5-46H2,1-4H3. The molecule has 334 valence electrons. The van der Waals surface area contributed by atoms with Crippen LogP contribution >= 0.6 is 0 Å². The van der Waals surface area contributed by atoms with Gasteiger partial charge in [-0.1, -0.05) is 195 Å². The molecule has 0 spiro atoms. The van der Waals surface area contributed by atoms with Crippen LogP contribution in [0.5, 0.6) is 0 Å². The van der Waals surface area contributed by atoms with E-state index < -0.39 is 0 Å². The highest BCUT2D eigenvalue weighted by Crippen LogP contribution is 2.22. The van der Waals surface area contributed by atoms with Gasteiger partial charge < -0.3 is 19.5 Å². The van der Waals surface area contributed by atoms with E-state index in [1.165, 1.54) is 141 Å². The van der Waals surface area contributed by atoms with Crippen molar-refractivity contribution in [3.8, 4) is 0 Å². The lowest BCUT2D eigenvalue weighted by Crippen LogP contribution is -2.27. The number of carbonyl (C=O) groups is 2. The number of aliphatic hydroxyl groups excluding tert-OH is 1. The molecule has 0 aliphatic carbocycles. The normalized spacial score (nSPS) is 12.7. The Bertz CT molecular complexity index is 746. The molecule has 0 fully saturated rings. The molecule has 0 aromatic carbocycles. The van der Waals surface area contributed by atoms with Gasteiger partial charge in [0.2, 0.25) is 0 Å².